The minimum atomic E-state index is -0.0630. The maximum Gasteiger partial charge on any atom is 0.234 e. The fourth-order valence-corrected chi connectivity index (χ4v) is 3.66. The molecule has 1 aromatic carbocycles. The molecule has 0 saturated heterocycles. The molecule has 8 heteroatoms. The van der Waals surface area contributed by atoms with Crippen molar-refractivity contribution in [1.29, 1.82) is 0 Å². The third kappa shape index (κ3) is 4.56. The zero-order chi connectivity index (χ0) is 18.5. The van der Waals surface area contributed by atoms with Gasteiger partial charge in [-0.1, -0.05) is 27.7 Å². The molecule has 136 valence electrons. The van der Waals surface area contributed by atoms with Crippen molar-refractivity contribution in [2.75, 3.05) is 11.1 Å². The second-order valence-corrected chi connectivity index (χ2v) is 7.63. The van der Waals surface area contributed by atoms with Crippen LogP contribution < -0.4 is 5.32 Å². The number of amides is 1. The van der Waals surface area contributed by atoms with Crippen LogP contribution in [0.4, 0.5) is 5.69 Å². The minimum Gasteiger partial charge on any atom is -0.354 e. The Balaban J connectivity index is 1.61. The molecule has 0 saturated carbocycles. The lowest BCUT2D eigenvalue weighted by molar-refractivity contribution is -0.113. The maximum atomic E-state index is 12.2. The third-order valence-electron chi connectivity index (χ3n) is 3.96. The average molecular weight is 434 g/mol. The quantitative estimate of drug-likeness (QED) is 0.576. The van der Waals surface area contributed by atoms with E-state index in [1.165, 1.54) is 17.5 Å². The molecule has 6 nitrogen and oxygen atoms in total. The summed E-state index contributed by atoms with van der Waals surface area (Å²) >= 11 is 4.78. The summed E-state index contributed by atoms with van der Waals surface area (Å²) in [5.41, 5.74) is 1.96. The van der Waals surface area contributed by atoms with Crippen molar-refractivity contribution in [1.82, 2.24) is 19.3 Å². The number of aromatic nitrogens is 4. The van der Waals surface area contributed by atoms with Crippen LogP contribution in [0, 0.1) is 0 Å². The number of nitrogens with zero attached hydrogens (tertiary/aromatic N) is 4. The number of carbonyl (C=O) groups excluding carboxylic acids is 1. The van der Waals surface area contributed by atoms with Crippen LogP contribution in [0.2, 0.25) is 0 Å². The molecule has 0 aliphatic heterocycles. The molecule has 0 aliphatic carbocycles. The SMILES string of the molecule is CCn1c(Cc2cccn2C)nnc1SCC(=O)Nc1ccc(Br)cc1. The summed E-state index contributed by atoms with van der Waals surface area (Å²) in [5.74, 6) is 1.13. The van der Waals surface area contributed by atoms with E-state index in [-0.39, 0.29) is 5.91 Å². The number of aryl methyl sites for hydroxylation is 1. The van der Waals surface area contributed by atoms with Gasteiger partial charge in [-0.05, 0) is 43.3 Å². The van der Waals surface area contributed by atoms with Crippen molar-refractivity contribution in [3.63, 3.8) is 0 Å². The first-order valence-corrected chi connectivity index (χ1v) is 10.0. The predicted octanol–water partition coefficient (Wildman–Crippen LogP) is 3.72. The lowest BCUT2D eigenvalue weighted by Crippen LogP contribution is -2.14. The molecule has 1 N–H and O–H groups in total. The van der Waals surface area contributed by atoms with E-state index >= 15 is 0 Å². The summed E-state index contributed by atoms with van der Waals surface area (Å²) in [7, 11) is 2.02. The maximum absolute atomic E-state index is 12.2. The van der Waals surface area contributed by atoms with E-state index in [4.69, 9.17) is 0 Å². The van der Waals surface area contributed by atoms with Gasteiger partial charge >= 0.3 is 0 Å². The van der Waals surface area contributed by atoms with Gasteiger partial charge in [0.05, 0.1) is 5.75 Å². The highest BCUT2D eigenvalue weighted by Gasteiger charge is 2.14. The van der Waals surface area contributed by atoms with E-state index in [1.807, 2.05) is 43.6 Å². The topological polar surface area (TPSA) is 64.7 Å². The average Bonchev–Trinajstić information content (AvgIpc) is 3.21. The summed E-state index contributed by atoms with van der Waals surface area (Å²) in [5, 5.41) is 12.2. The number of nitrogens with one attached hydrogen (secondary N) is 1. The van der Waals surface area contributed by atoms with Gasteiger partial charge in [-0.3, -0.25) is 4.79 Å². The molecule has 2 aromatic heterocycles. The Morgan fingerprint density at radius 2 is 2.00 bits per heavy atom. The van der Waals surface area contributed by atoms with Gasteiger partial charge in [0.2, 0.25) is 5.91 Å². The third-order valence-corrected chi connectivity index (χ3v) is 5.46. The van der Waals surface area contributed by atoms with E-state index in [0.29, 0.717) is 5.75 Å². The standard InChI is InChI=1S/C18H20BrN5OS/c1-3-24-16(11-15-5-4-10-23(15)2)21-22-18(24)26-12-17(25)20-14-8-6-13(19)7-9-14/h4-10H,3,11-12H2,1-2H3,(H,20,25). The van der Waals surface area contributed by atoms with E-state index in [0.717, 1.165) is 34.1 Å². The van der Waals surface area contributed by atoms with Crippen molar-refractivity contribution < 1.29 is 4.79 Å². The van der Waals surface area contributed by atoms with Crippen molar-refractivity contribution >= 4 is 39.3 Å². The second-order valence-electron chi connectivity index (χ2n) is 5.77. The highest BCUT2D eigenvalue weighted by atomic mass is 79.9. The van der Waals surface area contributed by atoms with Gasteiger partial charge in [0, 0.05) is 42.1 Å². The Morgan fingerprint density at radius 1 is 1.23 bits per heavy atom. The molecule has 0 aliphatic rings. The van der Waals surface area contributed by atoms with Gasteiger partial charge < -0.3 is 14.5 Å². The van der Waals surface area contributed by atoms with Crippen LogP contribution in [0.3, 0.4) is 0 Å². The number of rotatable bonds is 7. The van der Waals surface area contributed by atoms with E-state index < -0.39 is 0 Å². The van der Waals surface area contributed by atoms with Gasteiger partial charge in [-0.2, -0.15) is 0 Å². The molecule has 0 spiro atoms. The molecule has 0 radical (unpaired) electrons. The highest BCUT2D eigenvalue weighted by molar-refractivity contribution is 9.10. The van der Waals surface area contributed by atoms with Crippen LogP contribution in [0.25, 0.3) is 0 Å². The van der Waals surface area contributed by atoms with E-state index in [2.05, 4.69) is 53.6 Å². The van der Waals surface area contributed by atoms with Gasteiger partial charge in [0.1, 0.15) is 5.82 Å². The summed E-state index contributed by atoms with van der Waals surface area (Å²) < 4.78 is 5.12. The molecule has 0 fully saturated rings. The largest absolute Gasteiger partial charge is 0.354 e. The molecular weight excluding hydrogens is 414 g/mol. The Hall–Kier alpha value is -2.06. The summed E-state index contributed by atoms with van der Waals surface area (Å²) in [6.07, 6.45) is 2.74. The number of anilines is 1. The number of hydrogen-bond acceptors (Lipinski definition) is 4. The molecule has 0 unspecified atom stereocenters. The predicted molar refractivity (Wildman–Crippen MR) is 107 cm³/mol. The van der Waals surface area contributed by atoms with Crippen molar-refractivity contribution in [3.8, 4) is 0 Å². The van der Waals surface area contributed by atoms with Crippen LogP contribution in [0.1, 0.15) is 18.4 Å². The fraction of sp³-hybridized carbons (Fsp3) is 0.278. The Kier molecular flexibility index (Phi) is 6.16. The molecule has 2 heterocycles. The molecule has 0 bridgehead atoms. The number of carbonyl (C=O) groups is 1. The van der Waals surface area contributed by atoms with E-state index in [9.17, 15) is 4.79 Å². The fourth-order valence-electron chi connectivity index (χ4n) is 2.58. The van der Waals surface area contributed by atoms with E-state index in [1.54, 1.807) is 0 Å². The lowest BCUT2D eigenvalue weighted by Gasteiger charge is -2.08. The summed E-state index contributed by atoms with van der Waals surface area (Å²) in [4.78, 5) is 12.2. The van der Waals surface area contributed by atoms with Crippen LogP contribution >= 0.6 is 27.7 Å². The first-order chi connectivity index (χ1) is 12.6. The van der Waals surface area contributed by atoms with Gasteiger partial charge in [-0.15, -0.1) is 10.2 Å². The van der Waals surface area contributed by atoms with Crippen LogP contribution in [0.15, 0.2) is 52.2 Å². The molecular formula is C18H20BrN5OS. The summed E-state index contributed by atoms with van der Waals surface area (Å²) in [6, 6.07) is 11.6. The monoisotopic (exact) mass is 433 g/mol. The number of benzene rings is 1. The zero-order valence-electron chi connectivity index (χ0n) is 14.6. The number of thioether (sulfide) groups is 1. The molecule has 3 aromatic rings. The van der Waals surface area contributed by atoms with Crippen LogP contribution in [-0.4, -0.2) is 31.0 Å². The normalized spacial score (nSPS) is 10.9. The minimum absolute atomic E-state index is 0.0630. The van der Waals surface area contributed by atoms with Gasteiger partial charge in [0.25, 0.3) is 0 Å². The Morgan fingerprint density at radius 3 is 2.65 bits per heavy atom. The Bertz CT molecular complexity index is 887. The first-order valence-electron chi connectivity index (χ1n) is 8.27. The van der Waals surface area contributed by atoms with Crippen LogP contribution in [0.5, 0.6) is 0 Å². The molecule has 26 heavy (non-hydrogen) atoms. The summed E-state index contributed by atoms with van der Waals surface area (Å²) in [6.45, 7) is 2.83. The molecule has 0 atom stereocenters. The lowest BCUT2D eigenvalue weighted by atomic mass is 10.3. The second kappa shape index (κ2) is 8.55. The molecule has 3 rings (SSSR count). The van der Waals surface area contributed by atoms with Crippen molar-refractivity contribution in [3.05, 3.63) is 58.6 Å². The smallest absolute Gasteiger partial charge is 0.234 e. The van der Waals surface area contributed by atoms with Crippen LogP contribution in [-0.2, 0) is 24.8 Å². The Labute approximate surface area is 165 Å². The van der Waals surface area contributed by atoms with Crippen molar-refractivity contribution in [2.45, 2.75) is 25.0 Å². The highest BCUT2D eigenvalue weighted by Crippen LogP contribution is 2.20. The van der Waals surface area contributed by atoms with Crippen molar-refractivity contribution in [2.24, 2.45) is 7.05 Å². The van der Waals surface area contributed by atoms with Gasteiger partial charge in [0.15, 0.2) is 5.16 Å². The number of hydrogen-bond donors (Lipinski definition) is 1. The zero-order valence-corrected chi connectivity index (χ0v) is 17.0. The first kappa shape index (κ1) is 18.7. The van der Waals surface area contributed by atoms with Gasteiger partial charge in [-0.25, -0.2) is 0 Å². The number of halogens is 1. The molecule has 1 amide bonds.